The number of furan rings is 1. The maximum absolute atomic E-state index is 12.7. The summed E-state index contributed by atoms with van der Waals surface area (Å²) in [6.45, 7) is 8.78. The average Bonchev–Trinajstić information content (AvgIpc) is 3.11. The predicted octanol–water partition coefficient (Wildman–Crippen LogP) is 2.95. The van der Waals surface area contributed by atoms with Crippen molar-refractivity contribution in [1.82, 2.24) is 9.88 Å². The highest BCUT2D eigenvalue weighted by Crippen LogP contribution is 2.19. The van der Waals surface area contributed by atoms with Gasteiger partial charge < -0.3 is 19.0 Å². The van der Waals surface area contributed by atoms with E-state index in [1.165, 1.54) is 0 Å². The van der Waals surface area contributed by atoms with Gasteiger partial charge in [0.2, 0.25) is 0 Å². The molecule has 0 N–H and O–H groups in total. The number of amides is 1. The lowest BCUT2D eigenvalue weighted by Gasteiger charge is -2.36. The maximum atomic E-state index is 12.7. The molecule has 0 spiro atoms. The number of anilines is 1. The SMILES string of the molecule is CCN(Cc1ccco1)C(=O)c1ccc(N2CC(C)OC(C)C2)nc1. The Morgan fingerprint density at radius 1 is 1.28 bits per heavy atom. The van der Waals surface area contributed by atoms with Crippen molar-refractivity contribution >= 4 is 11.7 Å². The van der Waals surface area contributed by atoms with Gasteiger partial charge in [0.1, 0.15) is 11.6 Å². The van der Waals surface area contributed by atoms with Crippen LogP contribution in [0, 0.1) is 0 Å². The minimum absolute atomic E-state index is 0.0401. The summed E-state index contributed by atoms with van der Waals surface area (Å²) in [6.07, 6.45) is 3.63. The Bertz CT molecular complexity index is 674. The minimum atomic E-state index is -0.0401. The lowest BCUT2D eigenvalue weighted by molar-refractivity contribution is -0.00546. The number of hydrogen-bond acceptors (Lipinski definition) is 5. The second-order valence-corrected chi connectivity index (χ2v) is 6.47. The van der Waals surface area contributed by atoms with Crippen molar-refractivity contribution in [3.8, 4) is 0 Å². The summed E-state index contributed by atoms with van der Waals surface area (Å²) in [4.78, 5) is 21.2. The van der Waals surface area contributed by atoms with Gasteiger partial charge in [-0.2, -0.15) is 0 Å². The molecule has 2 unspecified atom stereocenters. The number of carbonyl (C=O) groups is 1. The van der Waals surface area contributed by atoms with Crippen LogP contribution in [0.15, 0.2) is 41.1 Å². The fraction of sp³-hybridized carbons (Fsp3) is 0.474. The zero-order chi connectivity index (χ0) is 17.8. The van der Waals surface area contributed by atoms with Gasteiger partial charge >= 0.3 is 0 Å². The molecule has 6 nitrogen and oxygen atoms in total. The zero-order valence-corrected chi connectivity index (χ0v) is 15.0. The standard InChI is InChI=1S/C19H25N3O3/c1-4-21(13-17-6-5-9-24-17)19(23)16-7-8-18(20-10-16)22-11-14(2)25-15(3)12-22/h5-10,14-15H,4,11-13H2,1-3H3. The van der Waals surface area contributed by atoms with Gasteiger partial charge in [-0.05, 0) is 45.0 Å². The first-order chi connectivity index (χ1) is 12.1. The van der Waals surface area contributed by atoms with E-state index in [-0.39, 0.29) is 18.1 Å². The summed E-state index contributed by atoms with van der Waals surface area (Å²) in [5, 5.41) is 0. The summed E-state index contributed by atoms with van der Waals surface area (Å²) in [5.74, 6) is 1.62. The summed E-state index contributed by atoms with van der Waals surface area (Å²) in [7, 11) is 0. The molecule has 3 heterocycles. The Kier molecular flexibility index (Phi) is 5.38. The van der Waals surface area contributed by atoms with E-state index in [0.717, 1.165) is 24.7 Å². The first kappa shape index (κ1) is 17.5. The summed E-state index contributed by atoms with van der Waals surface area (Å²) in [5.41, 5.74) is 0.589. The zero-order valence-electron chi connectivity index (χ0n) is 15.0. The number of carbonyl (C=O) groups excluding carboxylic acids is 1. The van der Waals surface area contributed by atoms with Crippen LogP contribution in [-0.2, 0) is 11.3 Å². The second-order valence-electron chi connectivity index (χ2n) is 6.47. The molecular formula is C19H25N3O3. The molecule has 1 amide bonds. The second kappa shape index (κ2) is 7.70. The molecule has 1 saturated heterocycles. The monoisotopic (exact) mass is 343 g/mol. The van der Waals surface area contributed by atoms with Crippen molar-refractivity contribution in [2.24, 2.45) is 0 Å². The molecular weight excluding hydrogens is 318 g/mol. The van der Waals surface area contributed by atoms with Gasteiger partial charge in [-0.1, -0.05) is 0 Å². The molecule has 0 aliphatic carbocycles. The van der Waals surface area contributed by atoms with Crippen LogP contribution >= 0.6 is 0 Å². The van der Waals surface area contributed by atoms with Crippen LogP contribution in [-0.4, -0.2) is 47.6 Å². The van der Waals surface area contributed by atoms with Crippen LogP contribution in [0.5, 0.6) is 0 Å². The fourth-order valence-corrected chi connectivity index (χ4v) is 3.17. The van der Waals surface area contributed by atoms with E-state index in [2.05, 4.69) is 23.7 Å². The van der Waals surface area contributed by atoms with E-state index >= 15 is 0 Å². The number of ether oxygens (including phenoxy) is 1. The highest BCUT2D eigenvalue weighted by molar-refractivity contribution is 5.94. The van der Waals surface area contributed by atoms with Gasteiger partial charge in [0.05, 0.1) is 30.6 Å². The van der Waals surface area contributed by atoms with Gasteiger partial charge in [0, 0.05) is 25.8 Å². The molecule has 25 heavy (non-hydrogen) atoms. The summed E-state index contributed by atoms with van der Waals surface area (Å²) in [6, 6.07) is 7.46. The van der Waals surface area contributed by atoms with E-state index in [0.29, 0.717) is 18.7 Å². The van der Waals surface area contributed by atoms with E-state index in [4.69, 9.17) is 9.15 Å². The Morgan fingerprint density at radius 3 is 2.60 bits per heavy atom. The Hall–Kier alpha value is -2.34. The Morgan fingerprint density at radius 2 is 2.04 bits per heavy atom. The molecule has 0 bridgehead atoms. The van der Waals surface area contributed by atoms with Crippen molar-refractivity contribution < 1.29 is 13.9 Å². The predicted molar refractivity (Wildman–Crippen MR) is 95.6 cm³/mol. The third kappa shape index (κ3) is 4.20. The van der Waals surface area contributed by atoms with E-state index in [1.54, 1.807) is 17.4 Å². The fourth-order valence-electron chi connectivity index (χ4n) is 3.17. The molecule has 0 aromatic carbocycles. The molecule has 2 aromatic rings. The molecule has 2 atom stereocenters. The van der Waals surface area contributed by atoms with Crippen molar-refractivity contribution in [3.05, 3.63) is 48.0 Å². The van der Waals surface area contributed by atoms with Crippen LogP contribution in [0.3, 0.4) is 0 Å². The van der Waals surface area contributed by atoms with Gasteiger partial charge in [-0.15, -0.1) is 0 Å². The number of nitrogens with zero attached hydrogens (tertiary/aromatic N) is 3. The third-order valence-electron chi connectivity index (χ3n) is 4.33. The van der Waals surface area contributed by atoms with Crippen molar-refractivity contribution in [3.63, 3.8) is 0 Å². The normalized spacial score (nSPS) is 20.5. The number of pyridine rings is 1. The molecule has 1 aliphatic heterocycles. The van der Waals surface area contributed by atoms with Gasteiger partial charge in [-0.3, -0.25) is 4.79 Å². The van der Waals surface area contributed by atoms with Gasteiger partial charge in [0.15, 0.2) is 0 Å². The number of rotatable bonds is 5. The van der Waals surface area contributed by atoms with Gasteiger partial charge in [-0.25, -0.2) is 4.98 Å². The minimum Gasteiger partial charge on any atom is -0.467 e. The Balaban J connectivity index is 1.69. The summed E-state index contributed by atoms with van der Waals surface area (Å²) < 4.78 is 11.1. The highest BCUT2D eigenvalue weighted by Gasteiger charge is 2.23. The van der Waals surface area contributed by atoms with E-state index < -0.39 is 0 Å². The lowest BCUT2D eigenvalue weighted by atomic mass is 10.2. The quantitative estimate of drug-likeness (QED) is 0.835. The van der Waals surface area contributed by atoms with E-state index in [9.17, 15) is 4.79 Å². The molecule has 2 aromatic heterocycles. The summed E-state index contributed by atoms with van der Waals surface area (Å²) >= 11 is 0. The molecule has 0 saturated carbocycles. The number of aromatic nitrogens is 1. The van der Waals surface area contributed by atoms with E-state index in [1.807, 2.05) is 31.2 Å². The molecule has 3 rings (SSSR count). The van der Waals surface area contributed by atoms with Crippen LogP contribution in [0.2, 0.25) is 0 Å². The topological polar surface area (TPSA) is 58.8 Å². The average molecular weight is 343 g/mol. The van der Waals surface area contributed by atoms with Crippen LogP contribution in [0.25, 0.3) is 0 Å². The van der Waals surface area contributed by atoms with Gasteiger partial charge in [0.25, 0.3) is 5.91 Å². The molecule has 1 aliphatic rings. The largest absolute Gasteiger partial charge is 0.467 e. The molecule has 0 radical (unpaired) electrons. The Labute approximate surface area is 148 Å². The third-order valence-corrected chi connectivity index (χ3v) is 4.33. The molecule has 1 fully saturated rings. The maximum Gasteiger partial charge on any atom is 0.255 e. The van der Waals surface area contributed by atoms with Crippen molar-refractivity contribution in [1.29, 1.82) is 0 Å². The van der Waals surface area contributed by atoms with Crippen molar-refractivity contribution in [2.45, 2.75) is 39.5 Å². The molecule has 134 valence electrons. The van der Waals surface area contributed by atoms with Crippen LogP contribution < -0.4 is 4.90 Å². The smallest absolute Gasteiger partial charge is 0.255 e. The lowest BCUT2D eigenvalue weighted by Crippen LogP contribution is -2.45. The first-order valence-electron chi connectivity index (χ1n) is 8.75. The highest BCUT2D eigenvalue weighted by atomic mass is 16.5. The van der Waals surface area contributed by atoms with Crippen LogP contribution in [0.4, 0.5) is 5.82 Å². The van der Waals surface area contributed by atoms with Crippen molar-refractivity contribution in [2.75, 3.05) is 24.5 Å². The molecule has 6 heteroatoms. The number of morpholine rings is 1. The number of hydrogen-bond donors (Lipinski definition) is 0. The first-order valence-corrected chi connectivity index (χ1v) is 8.75. The van der Waals surface area contributed by atoms with Crippen LogP contribution in [0.1, 0.15) is 36.9 Å².